The Morgan fingerprint density at radius 3 is 2.57 bits per heavy atom. The van der Waals surface area contributed by atoms with Crippen LogP contribution in [0, 0.1) is 0 Å². The van der Waals surface area contributed by atoms with E-state index in [0.717, 1.165) is 13.0 Å². The number of benzene rings is 1. The van der Waals surface area contributed by atoms with Gasteiger partial charge in [-0.15, -0.1) is 0 Å². The molecule has 0 N–H and O–H groups in total. The predicted octanol–water partition coefficient (Wildman–Crippen LogP) is 6.17. The Morgan fingerprint density at radius 2 is 1.71 bits per heavy atom. The lowest BCUT2D eigenvalue weighted by Gasteiger charge is -2.15. The fourth-order valence-corrected chi connectivity index (χ4v) is 3.37. The monoisotopic (exact) mass is 374 g/mol. The van der Waals surface area contributed by atoms with Crippen LogP contribution in [0.15, 0.2) is 76.8 Å². The summed E-state index contributed by atoms with van der Waals surface area (Å²) in [6, 6.07) is 11.9. The highest BCUT2D eigenvalue weighted by atomic mass is 16.5. The van der Waals surface area contributed by atoms with Gasteiger partial charge in [0, 0.05) is 6.61 Å². The van der Waals surface area contributed by atoms with E-state index in [0.29, 0.717) is 19.3 Å². The maximum Gasteiger partial charge on any atom is 0.0895 e. The zero-order valence-electron chi connectivity index (χ0n) is 16.6. The third kappa shape index (κ3) is 7.26. The molecule has 2 aliphatic rings. The summed E-state index contributed by atoms with van der Waals surface area (Å²) in [5.41, 5.74) is 3.62. The molecule has 0 aromatic heterocycles. The topological polar surface area (TPSA) is 34.0 Å². The van der Waals surface area contributed by atoms with Crippen molar-refractivity contribution in [3.05, 3.63) is 77.9 Å². The molecule has 2 aliphatic carbocycles. The number of hydrogen-bond acceptors (Lipinski definition) is 3. The van der Waals surface area contributed by atoms with Crippen LogP contribution in [0.5, 0.6) is 0 Å². The highest BCUT2D eigenvalue weighted by Crippen LogP contribution is 2.20. The zero-order chi connectivity index (χ0) is 19.3. The number of hydrogen-bond donors (Lipinski definition) is 0. The average molecular weight is 375 g/mol. The van der Waals surface area contributed by atoms with Crippen LogP contribution in [0.1, 0.15) is 49.7 Å². The van der Waals surface area contributed by atoms with Gasteiger partial charge in [-0.3, -0.25) is 0 Å². The van der Waals surface area contributed by atoms with Crippen molar-refractivity contribution in [2.24, 2.45) is 9.98 Å². The molecule has 0 atom stereocenters. The second-order valence-electron chi connectivity index (χ2n) is 7.26. The van der Waals surface area contributed by atoms with Crippen molar-refractivity contribution in [1.29, 1.82) is 0 Å². The Bertz CT molecular complexity index is 771. The summed E-state index contributed by atoms with van der Waals surface area (Å²) in [6.07, 6.45) is 21.7. The molecule has 0 radical (unpaired) electrons. The van der Waals surface area contributed by atoms with Crippen molar-refractivity contribution in [2.75, 3.05) is 13.2 Å². The summed E-state index contributed by atoms with van der Waals surface area (Å²) in [6.45, 7) is 2.08. The molecule has 0 unspecified atom stereocenters. The standard InChI is InChI=1S/C25H30N2O/c1-2-5-10-23(11-6-3-1)24-16-14-22(15-17-24)20-28-19-9-18-26-21-27-25-12-7-4-8-13-25/h1-3,5-6,10-11,14-17,25H,4,7-9,12-13,18-20H2. The third-order valence-corrected chi connectivity index (χ3v) is 5.00. The molecule has 146 valence electrons. The van der Waals surface area contributed by atoms with E-state index >= 15 is 0 Å². The minimum absolute atomic E-state index is 0.456. The van der Waals surface area contributed by atoms with Crippen LogP contribution in [-0.4, -0.2) is 25.2 Å². The van der Waals surface area contributed by atoms with Gasteiger partial charge in [-0.25, -0.2) is 9.98 Å². The van der Waals surface area contributed by atoms with E-state index in [1.165, 1.54) is 48.8 Å². The quantitative estimate of drug-likeness (QED) is 0.396. The molecule has 1 aromatic rings. The van der Waals surface area contributed by atoms with Gasteiger partial charge < -0.3 is 4.74 Å². The second-order valence-corrected chi connectivity index (χ2v) is 7.26. The number of ether oxygens (including phenoxy) is 1. The minimum atomic E-state index is 0.456. The van der Waals surface area contributed by atoms with E-state index in [1.807, 2.05) is 18.2 Å². The minimum Gasteiger partial charge on any atom is -0.377 e. The smallest absolute Gasteiger partial charge is 0.0895 e. The van der Waals surface area contributed by atoms with E-state index in [-0.39, 0.29) is 0 Å². The molecule has 3 rings (SSSR count). The number of aliphatic imine (C=N–C) groups is 2. The van der Waals surface area contributed by atoms with Crippen LogP contribution in [0.4, 0.5) is 0 Å². The Kier molecular flexibility index (Phi) is 8.73. The van der Waals surface area contributed by atoms with Crippen molar-refractivity contribution in [1.82, 2.24) is 0 Å². The predicted molar refractivity (Wildman–Crippen MR) is 118 cm³/mol. The Balaban J connectivity index is 1.34. The fraction of sp³-hybridized carbons (Fsp3) is 0.400. The summed E-state index contributed by atoms with van der Waals surface area (Å²) < 4.78 is 5.77. The average Bonchev–Trinajstić information content (AvgIpc) is 2.71. The van der Waals surface area contributed by atoms with Crippen molar-refractivity contribution in [2.45, 2.75) is 51.2 Å². The SMILES string of the molecule is C(=NCCCOCc1ccc(C2=CC=CC=CC=C2)cc1)=NC1CCCCC1. The molecule has 0 spiro atoms. The van der Waals surface area contributed by atoms with Gasteiger partial charge in [0.25, 0.3) is 0 Å². The van der Waals surface area contributed by atoms with E-state index < -0.39 is 0 Å². The van der Waals surface area contributed by atoms with Crippen LogP contribution in [0.2, 0.25) is 0 Å². The Labute approximate surface area is 168 Å². The van der Waals surface area contributed by atoms with Crippen LogP contribution in [0.25, 0.3) is 5.57 Å². The van der Waals surface area contributed by atoms with E-state index in [1.54, 1.807) is 0 Å². The number of nitrogens with zero attached hydrogens (tertiary/aromatic N) is 2. The van der Waals surface area contributed by atoms with E-state index in [4.69, 9.17) is 4.74 Å². The van der Waals surface area contributed by atoms with Gasteiger partial charge in [-0.2, -0.15) is 0 Å². The lowest BCUT2D eigenvalue weighted by molar-refractivity contribution is 0.120. The largest absolute Gasteiger partial charge is 0.377 e. The molecule has 28 heavy (non-hydrogen) atoms. The first-order chi connectivity index (χ1) is 13.9. The molecule has 0 heterocycles. The summed E-state index contributed by atoms with van der Waals surface area (Å²) in [7, 11) is 0. The fourth-order valence-electron chi connectivity index (χ4n) is 3.37. The normalized spacial score (nSPS) is 16.8. The first-order valence-electron chi connectivity index (χ1n) is 10.4. The summed E-state index contributed by atoms with van der Waals surface area (Å²) in [5.74, 6) is 0. The molecule has 0 bridgehead atoms. The second kappa shape index (κ2) is 12.1. The molecular formula is C25H30N2O. The highest BCUT2D eigenvalue weighted by molar-refractivity contribution is 5.75. The van der Waals surface area contributed by atoms with E-state index in [9.17, 15) is 0 Å². The lowest BCUT2D eigenvalue weighted by atomic mass is 9.96. The van der Waals surface area contributed by atoms with E-state index in [2.05, 4.69) is 64.6 Å². The highest BCUT2D eigenvalue weighted by Gasteiger charge is 2.10. The maximum absolute atomic E-state index is 5.77. The van der Waals surface area contributed by atoms with Crippen LogP contribution in [0.3, 0.4) is 0 Å². The van der Waals surface area contributed by atoms with Gasteiger partial charge in [-0.1, -0.05) is 86.1 Å². The molecule has 3 nitrogen and oxygen atoms in total. The molecule has 0 aliphatic heterocycles. The van der Waals surface area contributed by atoms with Gasteiger partial charge >= 0.3 is 0 Å². The third-order valence-electron chi connectivity index (χ3n) is 5.00. The van der Waals surface area contributed by atoms with Crippen molar-refractivity contribution in [3.63, 3.8) is 0 Å². The van der Waals surface area contributed by atoms with Gasteiger partial charge in [0.2, 0.25) is 0 Å². The zero-order valence-corrected chi connectivity index (χ0v) is 16.6. The first-order valence-corrected chi connectivity index (χ1v) is 10.4. The summed E-state index contributed by atoms with van der Waals surface area (Å²) in [5, 5.41) is 0. The molecule has 1 aromatic carbocycles. The molecule has 1 saturated carbocycles. The number of allylic oxidation sites excluding steroid dienone is 8. The van der Waals surface area contributed by atoms with Gasteiger partial charge in [0.1, 0.15) is 0 Å². The van der Waals surface area contributed by atoms with Crippen LogP contribution >= 0.6 is 0 Å². The Hall–Kier alpha value is -2.48. The van der Waals surface area contributed by atoms with Crippen molar-refractivity contribution >= 4 is 11.6 Å². The molecule has 1 fully saturated rings. The maximum atomic E-state index is 5.77. The molecular weight excluding hydrogens is 344 g/mol. The van der Waals surface area contributed by atoms with Crippen LogP contribution in [-0.2, 0) is 11.3 Å². The molecule has 0 saturated heterocycles. The van der Waals surface area contributed by atoms with Crippen molar-refractivity contribution in [3.8, 4) is 0 Å². The molecule has 0 amide bonds. The van der Waals surface area contributed by atoms with Gasteiger partial charge in [0.15, 0.2) is 0 Å². The molecule has 3 heteroatoms. The van der Waals surface area contributed by atoms with Crippen LogP contribution < -0.4 is 0 Å². The summed E-state index contributed by atoms with van der Waals surface area (Å²) >= 11 is 0. The first kappa shape index (κ1) is 20.3. The lowest BCUT2D eigenvalue weighted by Crippen LogP contribution is -2.08. The summed E-state index contributed by atoms with van der Waals surface area (Å²) in [4.78, 5) is 8.70. The Morgan fingerprint density at radius 1 is 0.929 bits per heavy atom. The van der Waals surface area contributed by atoms with Gasteiger partial charge in [-0.05, 0) is 36.0 Å². The van der Waals surface area contributed by atoms with Gasteiger partial charge in [0.05, 0.1) is 25.2 Å². The van der Waals surface area contributed by atoms with Crippen molar-refractivity contribution < 1.29 is 4.74 Å². The number of rotatable bonds is 8.